The Morgan fingerprint density at radius 1 is 1.21 bits per heavy atom. The van der Waals surface area contributed by atoms with Crippen molar-refractivity contribution in [2.24, 2.45) is 4.99 Å². The van der Waals surface area contributed by atoms with Crippen molar-refractivity contribution < 1.29 is 9.53 Å². The average molecular weight is 478 g/mol. The predicted octanol–water partition coefficient (Wildman–Crippen LogP) is 4.28. The van der Waals surface area contributed by atoms with Crippen LogP contribution in [0.2, 0.25) is 5.02 Å². The molecule has 4 rings (SSSR count). The summed E-state index contributed by atoms with van der Waals surface area (Å²) >= 11 is 6.23. The van der Waals surface area contributed by atoms with Crippen molar-refractivity contribution in [3.63, 3.8) is 0 Å². The monoisotopic (exact) mass is 477 g/mol. The van der Waals surface area contributed by atoms with Gasteiger partial charge < -0.3 is 10.5 Å². The Morgan fingerprint density at radius 3 is 2.79 bits per heavy atom. The lowest BCUT2D eigenvalue weighted by molar-refractivity contribution is 0.0463. The summed E-state index contributed by atoms with van der Waals surface area (Å²) in [7, 11) is 1.71. The van der Waals surface area contributed by atoms with Crippen molar-refractivity contribution >= 4 is 28.9 Å². The molecule has 1 amide bonds. The summed E-state index contributed by atoms with van der Waals surface area (Å²) in [6.45, 7) is 3.23. The number of amides is 1. The number of rotatable bonds is 6. The molecule has 176 valence electrons. The van der Waals surface area contributed by atoms with E-state index in [0.29, 0.717) is 39.8 Å². The number of anilines is 1. The second kappa shape index (κ2) is 10.7. The summed E-state index contributed by atoms with van der Waals surface area (Å²) < 4.78 is 6.08. The number of nitrogens with zero attached hydrogens (tertiary/aromatic N) is 3. The highest BCUT2D eigenvalue weighted by Crippen LogP contribution is 2.26. The van der Waals surface area contributed by atoms with Crippen molar-refractivity contribution in [1.29, 1.82) is 0 Å². The molecule has 3 aromatic rings. The fraction of sp³-hybridized carbons (Fsp3) is 0.269. The molecule has 1 fully saturated rings. The van der Waals surface area contributed by atoms with Crippen molar-refractivity contribution in [1.82, 2.24) is 15.4 Å². The van der Waals surface area contributed by atoms with Crippen molar-refractivity contribution in [2.75, 3.05) is 25.9 Å². The number of hydrogen-bond acceptors (Lipinski definition) is 6. The smallest absolute Gasteiger partial charge is 0.265 e. The largest absolute Gasteiger partial charge is 0.487 e. The zero-order chi connectivity index (χ0) is 24.1. The van der Waals surface area contributed by atoms with Gasteiger partial charge in [0.15, 0.2) is 0 Å². The van der Waals surface area contributed by atoms with Gasteiger partial charge in [-0.3, -0.25) is 20.2 Å². The third-order valence-electron chi connectivity index (χ3n) is 5.73. The minimum absolute atomic E-state index is 0.0651. The molecule has 0 aliphatic carbocycles. The molecule has 34 heavy (non-hydrogen) atoms. The molecule has 1 unspecified atom stereocenters. The number of pyridine rings is 1. The van der Waals surface area contributed by atoms with Gasteiger partial charge in [0.05, 0.1) is 17.3 Å². The molecule has 1 aliphatic heterocycles. The molecule has 0 radical (unpaired) electrons. The number of hydrogen-bond donors (Lipinski definition) is 2. The number of halogens is 1. The second-order valence-corrected chi connectivity index (χ2v) is 8.67. The molecule has 8 heteroatoms. The number of hydrazine groups is 1. The van der Waals surface area contributed by atoms with Crippen LogP contribution in [-0.4, -0.2) is 47.9 Å². The summed E-state index contributed by atoms with van der Waals surface area (Å²) in [4.78, 5) is 21.8. The zero-order valence-corrected chi connectivity index (χ0v) is 20.0. The van der Waals surface area contributed by atoms with Gasteiger partial charge in [-0.15, -0.1) is 0 Å². The number of nitrogens with one attached hydrogen (secondary N) is 1. The Labute approximate surface area is 204 Å². The van der Waals surface area contributed by atoms with Gasteiger partial charge in [-0.1, -0.05) is 23.7 Å². The molecular formula is C26H28ClN5O2. The second-order valence-electron chi connectivity index (χ2n) is 8.26. The first-order valence-electron chi connectivity index (χ1n) is 11.2. The van der Waals surface area contributed by atoms with Crippen LogP contribution in [0, 0.1) is 6.92 Å². The van der Waals surface area contributed by atoms with Crippen LogP contribution >= 0.6 is 11.6 Å². The van der Waals surface area contributed by atoms with Gasteiger partial charge in [-0.25, -0.2) is 5.01 Å². The Hall–Kier alpha value is -3.42. The molecule has 1 aliphatic rings. The van der Waals surface area contributed by atoms with E-state index in [1.807, 2.05) is 42.3 Å². The Bertz CT molecular complexity index is 1210. The van der Waals surface area contributed by atoms with Crippen LogP contribution in [0.1, 0.15) is 40.0 Å². The number of aromatic nitrogens is 1. The molecule has 2 heterocycles. The fourth-order valence-electron chi connectivity index (χ4n) is 4.06. The number of nitrogen functional groups attached to an aromatic ring is 1. The summed E-state index contributed by atoms with van der Waals surface area (Å²) in [6, 6.07) is 16.5. The first kappa shape index (κ1) is 23.7. The van der Waals surface area contributed by atoms with Gasteiger partial charge in [-0.2, -0.15) is 0 Å². The van der Waals surface area contributed by atoms with E-state index in [4.69, 9.17) is 22.1 Å². The van der Waals surface area contributed by atoms with E-state index >= 15 is 0 Å². The van der Waals surface area contributed by atoms with E-state index in [1.165, 1.54) is 0 Å². The Kier molecular flexibility index (Phi) is 7.45. The molecular weight excluding hydrogens is 450 g/mol. The van der Waals surface area contributed by atoms with E-state index in [0.717, 1.165) is 30.6 Å². The number of piperidine rings is 1. The molecule has 7 nitrogen and oxygen atoms in total. The van der Waals surface area contributed by atoms with Crippen LogP contribution in [0.15, 0.2) is 65.8 Å². The van der Waals surface area contributed by atoms with Crippen LogP contribution in [0.3, 0.4) is 0 Å². The highest BCUT2D eigenvalue weighted by molar-refractivity contribution is 6.32. The topological polar surface area (TPSA) is 92.8 Å². The van der Waals surface area contributed by atoms with E-state index in [2.05, 4.69) is 15.4 Å². The lowest BCUT2D eigenvalue weighted by atomic mass is 9.98. The molecule has 1 saturated heterocycles. The summed E-state index contributed by atoms with van der Waals surface area (Å²) in [5.74, 6) is 0.448. The first-order chi connectivity index (χ1) is 16.4. The average Bonchev–Trinajstić information content (AvgIpc) is 2.82. The van der Waals surface area contributed by atoms with Crippen LogP contribution in [0.25, 0.3) is 0 Å². The molecule has 3 N–H and O–H groups in total. The first-order valence-corrected chi connectivity index (χ1v) is 11.6. The van der Waals surface area contributed by atoms with Crippen LogP contribution in [-0.2, 0) is 0 Å². The van der Waals surface area contributed by atoms with Crippen molar-refractivity contribution in [3.8, 4) is 5.75 Å². The van der Waals surface area contributed by atoms with Crippen LogP contribution in [0.4, 0.5) is 5.69 Å². The quantitative estimate of drug-likeness (QED) is 0.408. The third kappa shape index (κ3) is 5.55. The molecule has 1 aromatic heterocycles. The molecule has 0 spiro atoms. The molecule has 1 atom stereocenters. The van der Waals surface area contributed by atoms with Gasteiger partial charge in [-0.05, 0) is 62.2 Å². The summed E-state index contributed by atoms with van der Waals surface area (Å²) in [5, 5.41) is 2.47. The number of nitrogens with two attached hydrogens (primary N) is 1. The third-order valence-corrected chi connectivity index (χ3v) is 6.04. The number of carbonyl (C=O) groups is 1. The SMILES string of the molecule is CN=C(c1ccnc(C)c1)c1cc(C(=O)NN2CCCC(Oc3ccccc3Cl)C2)ccc1N. The highest BCUT2D eigenvalue weighted by atomic mass is 35.5. The summed E-state index contributed by atoms with van der Waals surface area (Å²) in [5.41, 5.74) is 13.5. The van der Waals surface area contributed by atoms with Crippen molar-refractivity contribution in [3.05, 3.63) is 88.2 Å². The maximum atomic E-state index is 13.1. The predicted molar refractivity (Wildman–Crippen MR) is 136 cm³/mol. The normalized spacial score (nSPS) is 16.8. The number of para-hydroxylation sites is 1. The minimum Gasteiger partial charge on any atom is -0.487 e. The van der Waals surface area contributed by atoms with Gasteiger partial charge in [0, 0.05) is 47.9 Å². The molecule has 0 saturated carbocycles. The van der Waals surface area contributed by atoms with Gasteiger partial charge in [0.25, 0.3) is 5.91 Å². The van der Waals surface area contributed by atoms with E-state index in [-0.39, 0.29) is 12.0 Å². The molecule has 2 aromatic carbocycles. The number of aryl methyl sites for hydroxylation is 1. The highest BCUT2D eigenvalue weighted by Gasteiger charge is 2.24. The maximum Gasteiger partial charge on any atom is 0.265 e. The number of carbonyl (C=O) groups excluding carboxylic acids is 1. The van der Waals surface area contributed by atoms with E-state index in [9.17, 15) is 4.79 Å². The lowest BCUT2D eigenvalue weighted by Gasteiger charge is -2.33. The van der Waals surface area contributed by atoms with Crippen molar-refractivity contribution in [2.45, 2.75) is 25.9 Å². The standard InChI is InChI=1S/C26H28ClN5O2/c1-17-14-18(11-12-30-17)25(29-2)21-15-19(9-10-23(21)28)26(33)31-32-13-5-6-20(16-32)34-24-8-4-3-7-22(24)27/h3-4,7-12,14-15,20H,5-6,13,16,28H2,1-2H3,(H,31,33). The lowest BCUT2D eigenvalue weighted by Crippen LogP contribution is -2.50. The fourth-order valence-corrected chi connectivity index (χ4v) is 4.24. The number of ether oxygens (including phenoxy) is 1. The number of benzene rings is 2. The van der Waals surface area contributed by atoms with E-state index < -0.39 is 0 Å². The van der Waals surface area contributed by atoms with Crippen LogP contribution in [0.5, 0.6) is 5.75 Å². The van der Waals surface area contributed by atoms with Gasteiger partial charge in [0.2, 0.25) is 0 Å². The van der Waals surface area contributed by atoms with Gasteiger partial charge >= 0.3 is 0 Å². The van der Waals surface area contributed by atoms with Crippen LogP contribution < -0.4 is 15.9 Å². The van der Waals surface area contributed by atoms with Gasteiger partial charge in [0.1, 0.15) is 11.9 Å². The minimum atomic E-state index is -0.207. The summed E-state index contributed by atoms with van der Waals surface area (Å²) in [6.07, 6.45) is 3.46. The molecule has 0 bridgehead atoms. The Balaban J connectivity index is 1.47. The van der Waals surface area contributed by atoms with E-state index in [1.54, 1.807) is 37.5 Å². The maximum absolute atomic E-state index is 13.1. The number of aliphatic imine (C=N–C) groups is 1. The Morgan fingerprint density at radius 2 is 2.03 bits per heavy atom. The zero-order valence-electron chi connectivity index (χ0n) is 19.3.